The van der Waals surface area contributed by atoms with E-state index in [0.29, 0.717) is 5.92 Å². The van der Waals surface area contributed by atoms with Crippen LogP contribution in [0.2, 0.25) is 0 Å². The molecule has 2 N–H and O–H groups in total. The fourth-order valence-electron chi connectivity index (χ4n) is 3.09. The molecule has 0 saturated heterocycles. The highest BCUT2D eigenvalue weighted by atomic mass is 14.6. The summed E-state index contributed by atoms with van der Waals surface area (Å²) in [6.07, 6.45) is 8.62. The maximum absolute atomic E-state index is 6.17. The molecule has 2 aromatic carbocycles. The lowest BCUT2D eigenvalue weighted by atomic mass is 9.85. The van der Waals surface area contributed by atoms with Gasteiger partial charge in [0, 0.05) is 17.2 Å². The molecule has 1 heteroatoms. The van der Waals surface area contributed by atoms with E-state index in [9.17, 15) is 0 Å². The van der Waals surface area contributed by atoms with Crippen LogP contribution in [0.3, 0.4) is 0 Å². The molecule has 0 amide bonds. The van der Waals surface area contributed by atoms with Gasteiger partial charge in [-0.05, 0) is 48.2 Å². The van der Waals surface area contributed by atoms with Gasteiger partial charge in [-0.1, -0.05) is 67.1 Å². The number of para-hydroxylation sites is 1. The van der Waals surface area contributed by atoms with Crippen molar-refractivity contribution in [3.63, 3.8) is 0 Å². The van der Waals surface area contributed by atoms with Crippen molar-refractivity contribution < 1.29 is 0 Å². The third kappa shape index (κ3) is 3.00. The van der Waals surface area contributed by atoms with E-state index >= 15 is 0 Å². The van der Waals surface area contributed by atoms with Gasteiger partial charge >= 0.3 is 0 Å². The second-order valence-electron chi connectivity index (χ2n) is 6.26. The molecule has 0 radical (unpaired) electrons. The third-order valence-electron chi connectivity index (χ3n) is 4.71. The molecule has 0 heterocycles. The van der Waals surface area contributed by atoms with E-state index in [1.165, 1.54) is 27.8 Å². The number of hydrogen-bond acceptors (Lipinski definition) is 1. The fourth-order valence-corrected chi connectivity index (χ4v) is 3.09. The molecular weight excluding hydrogens is 278 g/mol. The molecule has 0 fully saturated rings. The second-order valence-corrected chi connectivity index (χ2v) is 6.26. The second kappa shape index (κ2) is 6.29. The molecule has 0 bridgehead atoms. The Morgan fingerprint density at radius 1 is 0.870 bits per heavy atom. The van der Waals surface area contributed by atoms with Crippen molar-refractivity contribution >= 4 is 11.3 Å². The molecule has 0 aliphatic heterocycles. The molecule has 3 rings (SSSR count). The number of hydrogen-bond donors (Lipinski definition) is 1. The van der Waals surface area contributed by atoms with Gasteiger partial charge in [-0.25, -0.2) is 0 Å². The Hall–Kier alpha value is -2.54. The molecule has 0 aromatic heterocycles. The SMILES string of the molecule is C\C1=C/C=C\C=C(/C)C(C)c2cc(-c3ccccc3N)ccc21. The van der Waals surface area contributed by atoms with Gasteiger partial charge in [0.2, 0.25) is 0 Å². The van der Waals surface area contributed by atoms with Crippen molar-refractivity contribution in [3.8, 4) is 11.1 Å². The molecule has 0 spiro atoms. The Morgan fingerprint density at radius 2 is 1.61 bits per heavy atom. The molecule has 0 saturated carbocycles. The third-order valence-corrected chi connectivity index (χ3v) is 4.71. The molecular formula is C22H23N. The minimum atomic E-state index is 0.376. The van der Waals surface area contributed by atoms with Gasteiger partial charge in [0.25, 0.3) is 0 Å². The Balaban J connectivity index is 2.20. The van der Waals surface area contributed by atoms with Crippen molar-refractivity contribution in [3.05, 3.63) is 83.5 Å². The van der Waals surface area contributed by atoms with Gasteiger partial charge < -0.3 is 5.73 Å². The van der Waals surface area contributed by atoms with Crippen molar-refractivity contribution in [2.75, 3.05) is 5.73 Å². The number of benzene rings is 2. The first kappa shape index (κ1) is 15.4. The van der Waals surface area contributed by atoms with Crippen LogP contribution in [0.4, 0.5) is 5.69 Å². The van der Waals surface area contributed by atoms with Crippen LogP contribution < -0.4 is 5.73 Å². The van der Waals surface area contributed by atoms with Gasteiger partial charge in [-0.2, -0.15) is 0 Å². The first-order valence-electron chi connectivity index (χ1n) is 8.09. The lowest BCUT2D eigenvalue weighted by Gasteiger charge is -2.19. The average molecular weight is 301 g/mol. The lowest BCUT2D eigenvalue weighted by Crippen LogP contribution is -2.01. The van der Waals surface area contributed by atoms with Gasteiger partial charge in [0.15, 0.2) is 0 Å². The normalized spacial score (nSPS) is 23.3. The Morgan fingerprint density at radius 3 is 2.39 bits per heavy atom. The molecule has 116 valence electrons. The molecule has 1 aliphatic rings. The number of nitrogen functional groups attached to an aromatic ring is 1. The number of allylic oxidation sites excluding steroid dienone is 6. The number of fused-ring (bicyclic) bond motifs is 1. The number of anilines is 1. The van der Waals surface area contributed by atoms with Crippen molar-refractivity contribution in [1.82, 2.24) is 0 Å². The zero-order valence-electron chi connectivity index (χ0n) is 14.0. The van der Waals surface area contributed by atoms with E-state index in [-0.39, 0.29) is 0 Å². The van der Waals surface area contributed by atoms with Gasteiger partial charge in [-0.3, -0.25) is 0 Å². The highest BCUT2D eigenvalue weighted by Gasteiger charge is 2.15. The molecule has 1 nitrogen and oxygen atoms in total. The summed E-state index contributed by atoms with van der Waals surface area (Å²) in [5.41, 5.74) is 14.6. The molecule has 1 unspecified atom stereocenters. The first-order chi connectivity index (χ1) is 11.1. The van der Waals surface area contributed by atoms with Crippen molar-refractivity contribution in [2.45, 2.75) is 26.7 Å². The van der Waals surface area contributed by atoms with Crippen LogP contribution in [0.5, 0.6) is 0 Å². The van der Waals surface area contributed by atoms with Crippen LogP contribution in [0.1, 0.15) is 37.8 Å². The van der Waals surface area contributed by atoms with Gasteiger partial charge in [-0.15, -0.1) is 0 Å². The smallest absolute Gasteiger partial charge is 0.0393 e. The monoisotopic (exact) mass is 301 g/mol. The van der Waals surface area contributed by atoms with Crippen molar-refractivity contribution in [1.29, 1.82) is 0 Å². The van der Waals surface area contributed by atoms with Crippen molar-refractivity contribution in [2.24, 2.45) is 0 Å². The summed E-state index contributed by atoms with van der Waals surface area (Å²) in [6.45, 7) is 6.64. The highest BCUT2D eigenvalue weighted by Crippen LogP contribution is 2.36. The average Bonchev–Trinajstić information content (AvgIpc) is 2.61. The topological polar surface area (TPSA) is 26.0 Å². The summed E-state index contributed by atoms with van der Waals surface area (Å²) in [5, 5.41) is 0. The number of nitrogens with two attached hydrogens (primary N) is 1. The molecule has 1 atom stereocenters. The lowest BCUT2D eigenvalue weighted by molar-refractivity contribution is 0.890. The standard InChI is InChI=1S/C22H23N/c1-15-8-4-5-9-16(2)19-13-12-18(14-21(19)17(15)3)20-10-6-7-11-22(20)23/h4-14,17H,23H2,1-3H3/b5-4-,15-8+,16-9+. The van der Waals surface area contributed by atoms with Crippen LogP contribution >= 0.6 is 0 Å². The maximum atomic E-state index is 6.17. The summed E-state index contributed by atoms with van der Waals surface area (Å²) in [4.78, 5) is 0. The largest absolute Gasteiger partial charge is 0.398 e. The van der Waals surface area contributed by atoms with Gasteiger partial charge in [0.1, 0.15) is 0 Å². The van der Waals surface area contributed by atoms with Crippen LogP contribution in [0, 0.1) is 0 Å². The predicted molar refractivity (Wildman–Crippen MR) is 101 cm³/mol. The Labute approximate surface area is 138 Å². The van der Waals surface area contributed by atoms with E-state index in [1.807, 2.05) is 18.2 Å². The van der Waals surface area contributed by atoms with Gasteiger partial charge in [0.05, 0.1) is 0 Å². The quantitative estimate of drug-likeness (QED) is 0.646. The minimum Gasteiger partial charge on any atom is -0.398 e. The van der Waals surface area contributed by atoms with Crippen LogP contribution in [-0.2, 0) is 0 Å². The van der Waals surface area contributed by atoms with E-state index in [2.05, 4.69) is 69.3 Å². The Kier molecular flexibility index (Phi) is 4.20. The fraction of sp³-hybridized carbons (Fsp3) is 0.182. The maximum Gasteiger partial charge on any atom is 0.0393 e. The molecule has 1 aliphatic carbocycles. The highest BCUT2D eigenvalue weighted by molar-refractivity contribution is 5.79. The minimum absolute atomic E-state index is 0.376. The van der Waals surface area contributed by atoms with Crippen LogP contribution in [0.25, 0.3) is 16.7 Å². The molecule has 23 heavy (non-hydrogen) atoms. The van der Waals surface area contributed by atoms with E-state index in [0.717, 1.165) is 11.3 Å². The summed E-state index contributed by atoms with van der Waals surface area (Å²) in [5.74, 6) is 0.376. The van der Waals surface area contributed by atoms with Crippen LogP contribution in [0.15, 0.2) is 72.3 Å². The zero-order chi connectivity index (χ0) is 16.4. The Bertz CT molecular complexity index is 822. The number of rotatable bonds is 1. The summed E-state index contributed by atoms with van der Waals surface area (Å²) in [6, 6.07) is 14.8. The predicted octanol–water partition coefficient (Wildman–Crippen LogP) is 5.96. The van der Waals surface area contributed by atoms with Crippen LogP contribution in [-0.4, -0.2) is 0 Å². The zero-order valence-corrected chi connectivity index (χ0v) is 14.0. The first-order valence-corrected chi connectivity index (χ1v) is 8.09. The van der Waals surface area contributed by atoms with E-state index in [1.54, 1.807) is 0 Å². The summed E-state index contributed by atoms with van der Waals surface area (Å²) < 4.78 is 0. The van der Waals surface area contributed by atoms with E-state index in [4.69, 9.17) is 5.73 Å². The summed E-state index contributed by atoms with van der Waals surface area (Å²) in [7, 11) is 0. The van der Waals surface area contributed by atoms with E-state index < -0.39 is 0 Å². The summed E-state index contributed by atoms with van der Waals surface area (Å²) >= 11 is 0. The molecule has 2 aromatic rings.